The highest BCUT2D eigenvalue weighted by Crippen LogP contribution is 2.22. The van der Waals surface area contributed by atoms with E-state index in [2.05, 4.69) is 11.3 Å². The van der Waals surface area contributed by atoms with Crippen LogP contribution in [0, 0.1) is 0 Å². The van der Waals surface area contributed by atoms with Crippen molar-refractivity contribution in [1.29, 1.82) is 0 Å². The van der Waals surface area contributed by atoms with Gasteiger partial charge in [0, 0.05) is 0 Å². The Hall–Kier alpha value is -1.07. The summed E-state index contributed by atoms with van der Waals surface area (Å²) in [5.74, 6) is -5.29. The monoisotopic (exact) mass is 200 g/mol. The number of hydrogen-bond acceptors (Lipinski definition) is 2. The fourth-order valence-electron chi connectivity index (χ4n) is 0.416. The van der Waals surface area contributed by atoms with Crippen LogP contribution in [0.15, 0.2) is 12.7 Å². The Bertz CT molecular complexity index is 191. The van der Waals surface area contributed by atoms with Gasteiger partial charge in [0.2, 0.25) is 0 Å². The minimum atomic E-state index is -4.28. The van der Waals surface area contributed by atoms with E-state index in [1.165, 1.54) is 0 Å². The Balaban J connectivity index is 3.87. The standard InChI is InChI=1S/C7H8F4O2/c1-2-3-5(12)13-4-7(10,11)6(8)9/h2,6H,1,3-4H2. The summed E-state index contributed by atoms with van der Waals surface area (Å²) >= 11 is 0. The normalized spacial score (nSPS) is 11.5. The van der Waals surface area contributed by atoms with Crippen LogP contribution in [0.3, 0.4) is 0 Å². The first kappa shape index (κ1) is 11.9. The Morgan fingerprint density at radius 3 is 2.46 bits per heavy atom. The maximum atomic E-state index is 12.1. The van der Waals surface area contributed by atoms with Crippen LogP contribution in [0.1, 0.15) is 6.42 Å². The second-order valence-corrected chi connectivity index (χ2v) is 2.22. The largest absolute Gasteiger partial charge is 0.459 e. The molecular formula is C7H8F4O2. The molecule has 0 fully saturated rings. The van der Waals surface area contributed by atoms with Crippen LogP contribution >= 0.6 is 0 Å². The van der Waals surface area contributed by atoms with Gasteiger partial charge in [0.15, 0.2) is 6.61 Å². The molecular weight excluding hydrogens is 192 g/mol. The number of carbonyl (C=O) groups is 1. The summed E-state index contributed by atoms with van der Waals surface area (Å²) in [6.45, 7) is 1.54. The van der Waals surface area contributed by atoms with E-state index >= 15 is 0 Å². The summed E-state index contributed by atoms with van der Waals surface area (Å²) < 4.78 is 51.0. The van der Waals surface area contributed by atoms with E-state index < -0.39 is 24.9 Å². The highest BCUT2D eigenvalue weighted by Gasteiger charge is 2.42. The van der Waals surface area contributed by atoms with Gasteiger partial charge in [-0.3, -0.25) is 4.79 Å². The Morgan fingerprint density at radius 2 is 2.08 bits per heavy atom. The van der Waals surface area contributed by atoms with Crippen LogP contribution in [-0.4, -0.2) is 24.9 Å². The van der Waals surface area contributed by atoms with E-state index in [4.69, 9.17) is 0 Å². The molecule has 0 aromatic heterocycles. The molecule has 0 amide bonds. The smallest absolute Gasteiger partial charge is 0.340 e. The van der Waals surface area contributed by atoms with Gasteiger partial charge in [-0.1, -0.05) is 6.08 Å². The first-order valence-electron chi connectivity index (χ1n) is 3.32. The summed E-state index contributed by atoms with van der Waals surface area (Å²) in [5.41, 5.74) is 0. The fraction of sp³-hybridized carbons (Fsp3) is 0.571. The van der Waals surface area contributed by atoms with Crippen molar-refractivity contribution >= 4 is 5.97 Å². The van der Waals surface area contributed by atoms with E-state index in [1.54, 1.807) is 0 Å². The molecule has 0 bridgehead atoms. The molecule has 0 unspecified atom stereocenters. The lowest BCUT2D eigenvalue weighted by Gasteiger charge is -2.14. The zero-order valence-corrected chi connectivity index (χ0v) is 6.60. The van der Waals surface area contributed by atoms with Gasteiger partial charge in [0.25, 0.3) is 0 Å². The average Bonchev–Trinajstić information content (AvgIpc) is 2.01. The molecule has 0 aromatic rings. The third-order valence-electron chi connectivity index (χ3n) is 1.06. The van der Waals surface area contributed by atoms with Gasteiger partial charge in [-0.25, -0.2) is 8.78 Å². The second-order valence-electron chi connectivity index (χ2n) is 2.22. The first-order valence-corrected chi connectivity index (χ1v) is 3.32. The van der Waals surface area contributed by atoms with Gasteiger partial charge < -0.3 is 4.74 Å². The lowest BCUT2D eigenvalue weighted by molar-refractivity contribution is -0.178. The van der Waals surface area contributed by atoms with Gasteiger partial charge in [-0.2, -0.15) is 8.78 Å². The molecule has 0 aliphatic heterocycles. The summed E-state index contributed by atoms with van der Waals surface area (Å²) in [6, 6.07) is 0. The van der Waals surface area contributed by atoms with Crippen molar-refractivity contribution in [2.45, 2.75) is 18.8 Å². The van der Waals surface area contributed by atoms with E-state index in [-0.39, 0.29) is 6.42 Å². The van der Waals surface area contributed by atoms with Crippen molar-refractivity contribution in [2.75, 3.05) is 6.61 Å². The molecule has 0 aliphatic carbocycles. The van der Waals surface area contributed by atoms with Crippen LogP contribution in [0.5, 0.6) is 0 Å². The van der Waals surface area contributed by atoms with E-state index in [0.29, 0.717) is 0 Å². The molecule has 0 spiro atoms. The Labute approximate surface area is 72.2 Å². The van der Waals surface area contributed by atoms with Crippen LogP contribution in [0.25, 0.3) is 0 Å². The lowest BCUT2D eigenvalue weighted by Crippen LogP contribution is -2.33. The van der Waals surface area contributed by atoms with Gasteiger partial charge >= 0.3 is 18.3 Å². The molecule has 76 valence electrons. The molecule has 0 saturated carbocycles. The molecule has 0 saturated heterocycles. The quantitative estimate of drug-likeness (QED) is 0.385. The highest BCUT2D eigenvalue weighted by molar-refractivity contribution is 5.70. The fourth-order valence-corrected chi connectivity index (χ4v) is 0.416. The molecule has 0 atom stereocenters. The Kier molecular flexibility index (Phi) is 4.44. The molecule has 0 N–H and O–H groups in total. The van der Waals surface area contributed by atoms with Crippen LogP contribution in [-0.2, 0) is 9.53 Å². The molecule has 0 rings (SSSR count). The molecule has 0 heterocycles. The molecule has 0 radical (unpaired) electrons. The van der Waals surface area contributed by atoms with Crippen molar-refractivity contribution < 1.29 is 27.1 Å². The molecule has 0 aliphatic rings. The predicted octanol–water partition coefficient (Wildman–Crippen LogP) is 2.01. The van der Waals surface area contributed by atoms with Gasteiger partial charge in [0.1, 0.15) is 0 Å². The average molecular weight is 200 g/mol. The van der Waals surface area contributed by atoms with Gasteiger partial charge in [0.05, 0.1) is 6.42 Å². The number of esters is 1. The van der Waals surface area contributed by atoms with E-state index in [1.807, 2.05) is 0 Å². The SMILES string of the molecule is C=CCC(=O)OCC(F)(F)C(F)F. The van der Waals surface area contributed by atoms with Crippen LogP contribution in [0.4, 0.5) is 17.6 Å². The maximum absolute atomic E-state index is 12.1. The Morgan fingerprint density at radius 1 is 1.54 bits per heavy atom. The third kappa shape index (κ3) is 4.49. The maximum Gasteiger partial charge on any atom is 0.340 e. The topological polar surface area (TPSA) is 26.3 Å². The van der Waals surface area contributed by atoms with Crippen LogP contribution < -0.4 is 0 Å². The number of alkyl halides is 4. The zero-order valence-electron chi connectivity index (χ0n) is 6.60. The summed E-state index contributed by atoms with van der Waals surface area (Å²) in [6.07, 6.45) is -2.98. The third-order valence-corrected chi connectivity index (χ3v) is 1.06. The van der Waals surface area contributed by atoms with Crippen molar-refractivity contribution in [3.8, 4) is 0 Å². The first-order chi connectivity index (χ1) is 5.90. The summed E-state index contributed by atoms with van der Waals surface area (Å²) in [4.78, 5) is 10.4. The van der Waals surface area contributed by atoms with Gasteiger partial charge in [-0.05, 0) is 0 Å². The molecule has 13 heavy (non-hydrogen) atoms. The lowest BCUT2D eigenvalue weighted by atomic mass is 10.4. The van der Waals surface area contributed by atoms with Crippen molar-refractivity contribution in [3.05, 3.63) is 12.7 Å². The minimum Gasteiger partial charge on any atom is -0.459 e. The number of halogens is 4. The van der Waals surface area contributed by atoms with Crippen LogP contribution in [0.2, 0.25) is 0 Å². The van der Waals surface area contributed by atoms with Crippen molar-refractivity contribution in [3.63, 3.8) is 0 Å². The van der Waals surface area contributed by atoms with Gasteiger partial charge in [-0.15, -0.1) is 6.58 Å². The second kappa shape index (κ2) is 4.84. The number of rotatable bonds is 5. The summed E-state index contributed by atoms with van der Waals surface area (Å²) in [7, 11) is 0. The highest BCUT2D eigenvalue weighted by atomic mass is 19.3. The van der Waals surface area contributed by atoms with E-state index in [0.717, 1.165) is 6.08 Å². The molecule has 2 nitrogen and oxygen atoms in total. The zero-order chi connectivity index (χ0) is 10.5. The van der Waals surface area contributed by atoms with Crippen molar-refractivity contribution in [2.24, 2.45) is 0 Å². The van der Waals surface area contributed by atoms with E-state index in [9.17, 15) is 22.4 Å². The number of ether oxygens (including phenoxy) is 1. The molecule has 0 aromatic carbocycles. The number of carbonyl (C=O) groups excluding carboxylic acids is 1. The number of hydrogen-bond donors (Lipinski definition) is 0. The minimum absolute atomic E-state index is 0.278. The molecule has 6 heteroatoms. The summed E-state index contributed by atoms with van der Waals surface area (Å²) in [5, 5.41) is 0. The predicted molar refractivity (Wildman–Crippen MR) is 36.7 cm³/mol. The van der Waals surface area contributed by atoms with Crippen molar-refractivity contribution in [1.82, 2.24) is 0 Å².